The molecule has 0 atom stereocenters. The minimum Gasteiger partial charge on any atom is -0.481 e. The highest BCUT2D eigenvalue weighted by atomic mass is 32.2. The van der Waals surface area contributed by atoms with Crippen LogP contribution in [0.3, 0.4) is 0 Å². The molecule has 1 aliphatic rings. The van der Waals surface area contributed by atoms with Gasteiger partial charge in [-0.05, 0) is 62.3 Å². The molecule has 11 nitrogen and oxygen atoms in total. The number of anilines is 2. The summed E-state index contributed by atoms with van der Waals surface area (Å²) in [4.78, 5) is 22.8. The maximum Gasteiger partial charge on any atom is 0.321 e. The molecule has 2 N–H and O–H groups in total. The van der Waals surface area contributed by atoms with E-state index in [1.807, 2.05) is 6.07 Å². The van der Waals surface area contributed by atoms with E-state index in [1.165, 1.54) is 63.8 Å². The SMILES string of the molecule is COc1cc(NS(=O)(=O)c2ccc(NC(=O)c3ccc(CN4CCCCC4)o3)cc2)nc(OC)n1. The molecular weight excluding hydrogens is 474 g/mol. The largest absolute Gasteiger partial charge is 0.481 e. The predicted octanol–water partition coefficient (Wildman–Crippen LogP) is 3.13. The van der Waals surface area contributed by atoms with E-state index in [4.69, 9.17) is 13.9 Å². The number of hydrogen-bond acceptors (Lipinski definition) is 9. The number of piperidine rings is 1. The number of carbonyl (C=O) groups excluding carboxylic acids is 1. The number of sulfonamides is 1. The minimum absolute atomic E-state index is 0.00995. The molecule has 1 aromatic carbocycles. The van der Waals surface area contributed by atoms with Gasteiger partial charge in [0.2, 0.25) is 5.88 Å². The van der Waals surface area contributed by atoms with Crippen LogP contribution in [-0.4, -0.2) is 56.5 Å². The summed E-state index contributed by atoms with van der Waals surface area (Å²) in [5.41, 5.74) is 0.424. The molecule has 1 fully saturated rings. The zero-order chi connectivity index (χ0) is 24.8. The second kappa shape index (κ2) is 10.7. The van der Waals surface area contributed by atoms with Gasteiger partial charge < -0.3 is 19.2 Å². The van der Waals surface area contributed by atoms with Crippen LogP contribution in [0.4, 0.5) is 11.5 Å². The van der Waals surface area contributed by atoms with Crippen LogP contribution in [0.1, 0.15) is 35.6 Å². The lowest BCUT2D eigenvalue weighted by molar-refractivity contribution is 0.0992. The third-order valence-corrected chi connectivity index (χ3v) is 6.82. The van der Waals surface area contributed by atoms with Gasteiger partial charge in [0.1, 0.15) is 5.76 Å². The lowest BCUT2D eigenvalue weighted by atomic mass is 10.1. The maximum atomic E-state index is 12.8. The fourth-order valence-corrected chi connectivity index (χ4v) is 4.67. The molecule has 1 saturated heterocycles. The molecule has 35 heavy (non-hydrogen) atoms. The van der Waals surface area contributed by atoms with Crippen LogP contribution in [0.25, 0.3) is 0 Å². The monoisotopic (exact) mass is 501 g/mol. The van der Waals surface area contributed by atoms with Crippen LogP contribution < -0.4 is 19.5 Å². The number of benzene rings is 1. The van der Waals surface area contributed by atoms with Crippen molar-refractivity contribution in [2.75, 3.05) is 37.3 Å². The van der Waals surface area contributed by atoms with Crippen LogP contribution in [0, 0.1) is 0 Å². The van der Waals surface area contributed by atoms with E-state index in [0.717, 1.165) is 18.8 Å². The Labute approximate surface area is 203 Å². The molecule has 1 amide bonds. The van der Waals surface area contributed by atoms with Gasteiger partial charge in [-0.2, -0.15) is 9.97 Å². The Hall–Kier alpha value is -3.64. The highest BCUT2D eigenvalue weighted by Gasteiger charge is 2.18. The lowest BCUT2D eigenvalue weighted by Gasteiger charge is -2.25. The number of aromatic nitrogens is 2. The van der Waals surface area contributed by atoms with E-state index in [1.54, 1.807) is 6.07 Å². The number of likely N-dealkylation sites (tertiary alicyclic amines) is 1. The summed E-state index contributed by atoms with van der Waals surface area (Å²) < 4.78 is 43.6. The van der Waals surface area contributed by atoms with E-state index in [9.17, 15) is 13.2 Å². The second-order valence-electron chi connectivity index (χ2n) is 7.97. The smallest absolute Gasteiger partial charge is 0.321 e. The highest BCUT2D eigenvalue weighted by molar-refractivity contribution is 7.92. The van der Waals surface area contributed by atoms with Crippen LogP contribution in [0.5, 0.6) is 11.9 Å². The van der Waals surface area contributed by atoms with Crippen molar-refractivity contribution in [3.05, 3.63) is 54.0 Å². The highest BCUT2D eigenvalue weighted by Crippen LogP contribution is 2.22. The number of ether oxygens (including phenoxy) is 2. The number of amides is 1. The summed E-state index contributed by atoms with van der Waals surface area (Å²) >= 11 is 0. The van der Waals surface area contributed by atoms with E-state index in [-0.39, 0.29) is 28.4 Å². The lowest BCUT2D eigenvalue weighted by Crippen LogP contribution is -2.28. The molecule has 186 valence electrons. The average Bonchev–Trinajstić information content (AvgIpc) is 3.33. The molecule has 12 heteroatoms. The first-order chi connectivity index (χ1) is 16.9. The topological polar surface area (TPSA) is 136 Å². The zero-order valence-electron chi connectivity index (χ0n) is 19.5. The van der Waals surface area contributed by atoms with Crippen LogP contribution in [-0.2, 0) is 16.6 Å². The summed E-state index contributed by atoms with van der Waals surface area (Å²) in [6, 6.07) is 10.5. The van der Waals surface area contributed by atoms with Crippen molar-refractivity contribution < 1.29 is 27.1 Å². The van der Waals surface area contributed by atoms with Gasteiger partial charge in [0, 0.05) is 11.8 Å². The number of rotatable bonds is 9. The summed E-state index contributed by atoms with van der Waals surface area (Å²) in [5.74, 6) is 0.655. The number of furan rings is 1. The molecule has 2 aromatic heterocycles. The minimum atomic E-state index is -3.96. The van der Waals surface area contributed by atoms with Gasteiger partial charge in [-0.1, -0.05) is 6.42 Å². The summed E-state index contributed by atoms with van der Waals surface area (Å²) in [6.07, 6.45) is 3.61. The van der Waals surface area contributed by atoms with Gasteiger partial charge in [0.05, 0.1) is 25.7 Å². The Morgan fingerprint density at radius 2 is 1.77 bits per heavy atom. The van der Waals surface area contributed by atoms with Gasteiger partial charge in [-0.3, -0.25) is 14.4 Å². The van der Waals surface area contributed by atoms with E-state index >= 15 is 0 Å². The third kappa shape index (κ3) is 6.28. The van der Waals surface area contributed by atoms with Crippen molar-refractivity contribution in [3.63, 3.8) is 0 Å². The molecule has 3 heterocycles. The van der Waals surface area contributed by atoms with Gasteiger partial charge in [-0.15, -0.1) is 0 Å². The normalized spacial score (nSPS) is 14.3. The first kappa shape index (κ1) is 24.5. The number of carbonyl (C=O) groups is 1. The van der Waals surface area contributed by atoms with Crippen molar-refractivity contribution in [2.45, 2.75) is 30.7 Å². The van der Waals surface area contributed by atoms with Crippen molar-refractivity contribution in [2.24, 2.45) is 0 Å². The molecular formula is C23H27N5O6S. The molecule has 3 aromatic rings. The first-order valence-electron chi connectivity index (χ1n) is 11.1. The maximum absolute atomic E-state index is 12.8. The standard InChI is InChI=1S/C23H27N5O6S/c1-32-21-14-20(25-23(26-21)33-2)27-35(30,31)18-9-6-16(7-10-18)24-22(29)19-11-8-17(34-19)15-28-12-4-3-5-13-28/h6-11,14H,3-5,12-13,15H2,1-2H3,(H,24,29)(H,25,26,27). The third-order valence-electron chi connectivity index (χ3n) is 5.45. The molecule has 4 rings (SSSR count). The molecule has 0 saturated carbocycles. The van der Waals surface area contributed by atoms with Crippen LogP contribution in [0.15, 0.2) is 51.8 Å². The van der Waals surface area contributed by atoms with E-state index in [0.29, 0.717) is 12.2 Å². The molecule has 0 radical (unpaired) electrons. The van der Waals surface area contributed by atoms with Gasteiger partial charge in [0.15, 0.2) is 11.6 Å². The van der Waals surface area contributed by atoms with Crippen LogP contribution >= 0.6 is 0 Å². The zero-order valence-corrected chi connectivity index (χ0v) is 20.3. The predicted molar refractivity (Wildman–Crippen MR) is 128 cm³/mol. The van der Waals surface area contributed by atoms with Gasteiger partial charge >= 0.3 is 6.01 Å². The quantitative estimate of drug-likeness (QED) is 0.453. The molecule has 0 spiro atoms. The van der Waals surface area contributed by atoms with Crippen molar-refractivity contribution in [1.29, 1.82) is 0 Å². The molecule has 0 bridgehead atoms. The fourth-order valence-electron chi connectivity index (χ4n) is 3.68. The Morgan fingerprint density at radius 1 is 1.03 bits per heavy atom. The Balaban J connectivity index is 1.39. The molecule has 0 aliphatic carbocycles. The Bertz CT molecular complexity index is 1250. The fraction of sp³-hybridized carbons (Fsp3) is 0.348. The first-order valence-corrected chi connectivity index (χ1v) is 12.6. The number of nitrogens with one attached hydrogen (secondary N) is 2. The van der Waals surface area contributed by atoms with Crippen molar-refractivity contribution in [1.82, 2.24) is 14.9 Å². The van der Waals surface area contributed by atoms with Crippen molar-refractivity contribution in [3.8, 4) is 11.9 Å². The Kier molecular flexibility index (Phi) is 7.51. The molecule has 0 unspecified atom stereocenters. The van der Waals surface area contributed by atoms with Crippen molar-refractivity contribution >= 4 is 27.4 Å². The number of nitrogens with zero attached hydrogens (tertiary/aromatic N) is 3. The average molecular weight is 502 g/mol. The number of hydrogen-bond donors (Lipinski definition) is 2. The van der Waals surface area contributed by atoms with E-state index in [2.05, 4.69) is 24.9 Å². The van der Waals surface area contributed by atoms with Gasteiger partial charge in [0.25, 0.3) is 15.9 Å². The molecule has 1 aliphatic heterocycles. The van der Waals surface area contributed by atoms with Gasteiger partial charge in [-0.25, -0.2) is 8.42 Å². The van der Waals surface area contributed by atoms with E-state index < -0.39 is 15.9 Å². The summed E-state index contributed by atoms with van der Waals surface area (Å²) in [5, 5.41) is 2.72. The van der Waals surface area contributed by atoms with Crippen LogP contribution in [0.2, 0.25) is 0 Å². The Morgan fingerprint density at radius 3 is 2.46 bits per heavy atom. The number of methoxy groups -OCH3 is 2. The summed E-state index contributed by atoms with van der Waals surface area (Å²) in [6.45, 7) is 2.74. The summed E-state index contributed by atoms with van der Waals surface area (Å²) in [7, 11) is -1.21. The second-order valence-corrected chi connectivity index (χ2v) is 9.65.